The molecule has 3 rings (SSSR count). The molecule has 1 fully saturated rings. The number of benzene rings is 1. The van der Waals surface area contributed by atoms with E-state index in [1.54, 1.807) is 18.4 Å². The van der Waals surface area contributed by atoms with Crippen LogP contribution >= 0.6 is 11.3 Å². The van der Waals surface area contributed by atoms with Crippen molar-refractivity contribution in [1.29, 1.82) is 0 Å². The lowest BCUT2D eigenvalue weighted by Crippen LogP contribution is -2.43. The Labute approximate surface area is 162 Å². The fraction of sp³-hybridized carbons (Fsp3) is 0.400. The Kier molecular flexibility index (Phi) is 6.34. The molecule has 1 heterocycles. The van der Waals surface area contributed by atoms with Crippen LogP contribution in [-0.4, -0.2) is 30.3 Å². The molecule has 0 aliphatic heterocycles. The van der Waals surface area contributed by atoms with E-state index in [1.165, 1.54) is 0 Å². The van der Waals surface area contributed by atoms with Gasteiger partial charge in [-0.05, 0) is 67.6 Å². The molecule has 27 heavy (non-hydrogen) atoms. The van der Waals surface area contributed by atoms with Gasteiger partial charge in [-0.2, -0.15) is 0 Å². The zero-order valence-electron chi connectivity index (χ0n) is 15.2. The first-order valence-corrected chi connectivity index (χ1v) is 9.87. The van der Waals surface area contributed by atoms with Crippen molar-refractivity contribution < 1.29 is 19.4 Å². The van der Waals surface area contributed by atoms with E-state index in [9.17, 15) is 9.59 Å². The summed E-state index contributed by atoms with van der Waals surface area (Å²) in [5.41, 5.74) is 1.12. The molecular formula is C20H24N2O4S. The van der Waals surface area contributed by atoms with Crippen LogP contribution < -0.4 is 15.4 Å². The third-order valence-electron chi connectivity index (χ3n) is 4.87. The third-order valence-corrected chi connectivity index (χ3v) is 6.01. The monoisotopic (exact) mass is 388 g/mol. The van der Waals surface area contributed by atoms with Crippen LogP contribution in [0.25, 0.3) is 10.4 Å². The van der Waals surface area contributed by atoms with Gasteiger partial charge in [-0.3, -0.25) is 4.79 Å². The molecule has 144 valence electrons. The minimum absolute atomic E-state index is 0.0544. The van der Waals surface area contributed by atoms with Gasteiger partial charge in [0, 0.05) is 15.8 Å². The first kappa shape index (κ1) is 19.2. The number of aliphatic carboxylic acids is 1. The number of carbonyl (C=O) groups is 2. The third kappa shape index (κ3) is 5.23. The smallest absolute Gasteiger partial charge is 0.315 e. The van der Waals surface area contributed by atoms with E-state index in [-0.39, 0.29) is 18.0 Å². The minimum Gasteiger partial charge on any atom is -0.497 e. The number of hydrogen-bond donors (Lipinski definition) is 3. The molecule has 1 aliphatic rings. The molecule has 1 aromatic carbocycles. The van der Waals surface area contributed by atoms with Crippen molar-refractivity contribution in [2.45, 2.75) is 38.3 Å². The summed E-state index contributed by atoms with van der Waals surface area (Å²) in [6.07, 6.45) is 2.67. The summed E-state index contributed by atoms with van der Waals surface area (Å²) in [6, 6.07) is 11.8. The van der Waals surface area contributed by atoms with E-state index in [2.05, 4.69) is 16.7 Å². The lowest BCUT2D eigenvalue weighted by atomic mass is 9.86. The number of carbonyl (C=O) groups excluding carboxylic acids is 1. The van der Waals surface area contributed by atoms with Gasteiger partial charge >= 0.3 is 12.0 Å². The van der Waals surface area contributed by atoms with E-state index in [4.69, 9.17) is 9.84 Å². The van der Waals surface area contributed by atoms with Crippen molar-refractivity contribution in [2.75, 3.05) is 7.11 Å². The average Bonchev–Trinajstić information content (AvgIpc) is 3.16. The van der Waals surface area contributed by atoms with Crippen molar-refractivity contribution in [3.63, 3.8) is 0 Å². The lowest BCUT2D eigenvalue weighted by molar-refractivity contribution is -0.142. The van der Waals surface area contributed by atoms with Gasteiger partial charge < -0.3 is 20.5 Å². The summed E-state index contributed by atoms with van der Waals surface area (Å²) in [7, 11) is 1.65. The maximum absolute atomic E-state index is 12.1. The summed E-state index contributed by atoms with van der Waals surface area (Å²) in [5.74, 6) is -0.178. The quantitative estimate of drug-likeness (QED) is 0.701. The van der Waals surface area contributed by atoms with Gasteiger partial charge in [-0.15, -0.1) is 11.3 Å². The second kappa shape index (κ2) is 8.90. The maximum atomic E-state index is 12.1. The standard InChI is InChI=1S/C20H24N2O4S/c1-26-16-8-4-13(5-9-16)18-11-10-17(27-18)12-21-20(25)22-15-6-2-14(3-7-15)19(23)24/h4-5,8-11,14-15H,2-3,6-7,12H2,1H3,(H,23,24)(H2,21,22,25). The summed E-state index contributed by atoms with van der Waals surface area (Å²) in [5, 5.41) is 14.9. The number of nitrogens with one attached hydrogen (secondary N) is 2. The molecule has 0 bridgehead atoms. The highest BCUT2D eigenvalue weighted by molar-refractivity contribution is 7.15. The topological polar surface area (TPSA) is 87.7 Å². The number of methoxy groups -OCH3 is 1. The molecule has 1 saturated carbocycles. The molecule has 0 unspecified atom stereocenters. The van der Waals surface area contributed by atoms with Crippen LogP contribution in [0.3, 0.4) is 0 Å². The van der Waals surface area contributed by atoms with Gasteiger partial charge in [0.25, 0.3) is 0 Å². The van der Waals surface area contributed by atoms with Crippen LogP contribution in [-0.2, 0) is 11.3 Å². The molecule has 1 aromatic heterocycles. The van der Waals surface area contributed by atoms with E-state index < -0.39 is 5.97 Å². The van der Waals surface area contributed by atoms with Crippen LogP contribution in [0.4, 0.5) is 4.79 Å². The van der Waals surface area contributed by atoms with Crippen LogP contribution in [0.1, 0.15) is 30.6 Å². The zero-order valence-corrected chi connectivity index (χ0v) is 16.1. The highest BCUT2D eigenvalue weighted by atomic mass is 32.1. The second-order valence-electron chi connectivity index (χ2n) is 6.71. The first-order valence-electron chi connectivity index (χ1n) is 9.05. The van der Waals surface area contributed by atoms with Gasteiger partial charge in [-0.1, -0.05) is 0 Å². The molecule has 0 radical (unpaired) electrons. The molecule has 7 heteroatoms. The number of ether oxygens (including phenoxy) is 1. The van der Waals surface area contributed by atoms with Crippen molar-refractivity contribution in [3.8, 4) is 16.2 Å². The van der Waals surface area contributed by atoms with Crippen LogP contribution in [0.15, 0.2) is 36.4 Å². The van der Waals surface area contributed by atoms with Crippen molar-refractivity contribution in [1.82, 2.24) is 10.6 Å². The zero-order chi connectivity index (χ0) is 19.2. The predicted molar refractivity (Wildman–Crippen MR) is 105 cm³/mol. The predicted octanol–water partition coefficient (Wildman–Crippen LogP) is 3.87. The molecule has 6 nitrogen and oxygen atoms in total. The number of thiophene rings is 1. The summed E-state index contributed by atoms with van der Waals surface area (Å²) >= 11 is 1.64. The number of hydrogen-bond acceptors (Lipinski definition) is 4. The maximum Gasteiger partial charge on any atom is 0.315 e. The fourth-order valence-corrected chi connectivity index (χ4v) is 4.22. The Morgan fingerprint density at radius 1 is 1.11 bits per heavy atom. The second-order valence-corrected chi connectivity index (χ2v) is 7.88. The van der Waals surface area contributed by atoms with Gasteiger partial charge in [0.1, 0.15) is 5.75 Å². The van der Waals surface area contributed by atoms with E-state index in [0.717, 1.165) is 21.1 Å². The molecular weight excluding hydrogens is 364 g/mol. The summed E-state index contributed by atoms with van der Waals surface area (Å²) in [4.78, 5) is 25.3. The number of urea groups is 1. The Hall–Kier alpha value is -2.54. The fourth-order valence-electron chi connectivity index (χ4n) is 3.27. The summed E-state index contributed by atoms with van der Waals surface area (Å²) in [6.45, 7) is 0.469. The molecule has 3 N–H and O–H groups in total. The minimum atomic E-state index is -0.733. The Morgan fingerprint density at radius 3 is 2.44 bits per heavy atom. The Balaban J connectivity index is 1.45. The number of carboxylic acids is 1. The van der Waals surface area contributed by atoms with Crippen LogP contribution in [0.5, 0.6) is 5.75 Å². The van der Waals surface area contributed by atoms with E-state index >= 15 is 0 Å². The molecule has 2 amide bonds. The first-order chi connectivity index (χ1) is 13.0. The molecule has 0 saturated heterocycles. The molecule has 2 aromatic rings. The SMILES string of the molecule is COc1ccc(-c2ccc(CNC(=O)NC3CCC(C(=O)O)CC3)s2)cc1. The Morgan fingerprint density at radius 2 is 1.81 bits per heavy atom. The molecule has 1 aliphatic carbocycles. The van der Waals surface area contributed by atoms with Crippen molar-refractivity contribution in [3.05, 3.63) is 41.3 Å². The summed E-state index contributed by atoms with van der Waals surface area (Å²) < 4.78 is 5.17. The average molecular weight is 388 g/mol. The van der Waals surface area contributed by atoms with Gasteiger partial charge in [0.15, 0.2) is 0 Å². The number of carboxylic acid groups (broad SMARTS) is 1. The van der Waals surface area contributed by atoms with Gasteiger partial charge in [0.2, 0.25) is 0 Å². The lowest BCUT2D eigenvalue weighted by Gasteiger charge is -2.26. The Bertz CT molecular complexity index is 780. The molecule has 0 atom stereocenters. The highest BCUT2D eigenvalue weighted by Gasteiger charge is 2.26. The van der Waals surface area contributed by atoms with Crippen LogP contribution in [0, 0.1) is 5.92 Å². The van der Waals surface area contributed by atoms with E-state index in [0.29, 0.717) is 32.2 Å². The normalized spacial score (nSPS) is 19.3. The number of amides is 2. The highest BCUT2D eigenvalue weighted by Crippen LogP contribution is 2.29. The van der Waals surface area contributed by atoms with Gasteiger partial charge in [0.05, 0.1) is 19.6 Å². The number of rotatable bonds is 6. The van der Waals surface area contributed by atoms with Crippen molar-refractivity contribution >= 4 is 23.3 Å². The van der Waals surface area contributed by atoms with Crippen LogP contribution in [0.2, 0.25) is 0 Å². The van der Waals surface area contributed by atoms with Gasteiger partial charge in [-0.25, -0.2) is 4.79 Å². The molecule has 0 spiro atoms. The van der Waals surface area contributed by atoms with E-state index in [1.807, 2.05) is 30.3 Å². The van der Waals surface area contributed by atoms with Crippen molar-refractivity contribution in [2.24, 2.45) is 5.92 Å². The largest absolute Gasteiger partial charge is 0.497 e.